The van der Waals surface area contributed by atoms with Crippen LogP contribution in [0.5, 0.6) is 0 Å². The van der Waals surface area contributed by atoms with Crippen molar-refractivity contribution in [3.63, 3.8) is 0 Å². The zero-order valence-electron chi connectivity index (χ0n) is 12.1. The minimum Gasteiger partial charge on any atom is -0.374 e. The van der Waals surface area contributed by atoms with Gasteiger partial charge in [-0.3, -0.25) is 4.90 Å². The van der Waals surface area contributed by atoms with Gasteiger partial charge < -0.3 is 9.64 Å². The molecular weight excluding hydrogens is 212 g/mol. The number of hydrogen-bond donors (Lipinski definition) is 0. The van der Waals surface area contributed by atoms with Crippen molar-refractivity contribution in [3.05, 3.63) is 0 Å². The van der Waals surface area contributed by atoms with E-state index in [0.29, 0.717) is 6.10 Å². The molecule has 1 rings (SSSR count). The van der Waals surface area contributed by atoms with Gasteiger partial charge in [-0.1, -0.05) is 27.2 Å². The largest absolute Gasteiger partial charge is 0.374 e. The van der Waals surface area contributed by atoms with Crippen molar-refractivity contribution in [1.29, 1.82) is 0 Å². The summed E-state index contributed by atoms with van der Waals surface area (Å²) >= 11 is 0. The van der Waals surface area contributed by atoms with Gasteiger partial charge in [0.2, 0.25) is 0 Å². The van der Waals surface area contributed by atoms with Crippen molar-refractivity contribution in [2.45, 2.75) is 39.7 Å². The van der Waals surface area contributed by atoms with Crippen LogP contribution in [0.25, 0.3) is 0 Å². The first-order valence-electron chi connectivity index (χ1n) is 7.14. The van der Waals surface area contributed by atoms with E-state index >= 15 is 0 Å². The topological polar surface area (TPSA) is 15.7 Å². The molecule has 1 atom stereocenters. The van der Waals surface area contributed by atoms with E-state index in [4.69, 9.17) is 4.74 Å². The van der Waals surface area contributed by atoms with Gasteiger partial charge in [0, 0.05) is 26.2 Å². The van der Waals surface area contributed by atoms with E-state index in [-0.39, 0.29) is 0 Å². The molecule has 0 unspecified atom stereocenters. The number of morpholine rings is 1. The molecule has 3 nitrogen and oxygen atoms in total. The van der Waals surface area contributed by atoms with Crippen LogP contribution in [0.4, 0.5) is 0 Å². The van der Waals surface area contributed by atoms with Crippen LogP contribution >= 0.6 is 0 Å². The SMILES string of the molecule is CCCCN1CCO[C@@H](CN(C)CC(C)C)C1. The predicted molar refractivity (Wildman–Crippen MR) is 73.4 cm³/mol. The first-order chi connectivity index (χ1) is 8.11. The molecule has 17 heavy (non-hydrogen) atoms. The molecule has 0 N–H and O–H groups in total. The number of nitrogens with zero attached hydrogens (tertiary/aromatic N) is 2. The van der Waals surface area contributed by atoms with E-state index in [9.17, 15) is 0 Å². The molecule has 0 bridgehead atoms. The molecule has 1 heterocycles. The molecule has 1 fully saturated rings. The zero-order chi connectivity index (χ0) is 12.7. The standard InChI is InChI=1S/C14H30N2O/c1-5-6-7-16-8-9-17-14(12-16)11-15(4)10-13(2)3/h13-14H,5-12H2,1-4H3/t14-/m0/s1. The average molecular weight is 242 g/mol. The summed E-state index contributed by atoms with van der Waals surface area (Å²) in [7, 11) is 2.20. The molecule has 1 aliphatic heterocycles. The van der Waals surface area contributed by atoms with Crippen LogP contribution in [-0.2, 0) is 4.74 Å². The van der Waals surface area contributed by atoms with E-state index in [1.54, 1.807) is 0 Å². The Balaban J connectivity index is 2.24. The van der Waals surface area contributed by atoms with Crippen molar-refractivity contribution < 1.29 is 4.74 Å². The summed E-state index contributed by atoms with van der Waals surface area (Å²) in [5.74, 6) is 0.736. The number of rotatable bonds is 7. The predicted octanol–water partition coefficient (Wildman–Crippen LogP) is 2.08. The van der Waals surface area contributed by atoms with E-state index in [2.05, 4.69) is 37.6 Å². The second-order valence-electron chi connectivity index (χ2n) is 5.76. The van der Waals surface area contributed by atoms with Crippen LogP contribution in [0.3, 0.4) is 0 Å². The van der Waals surface area contributed by atoms with Gasteiger partial charge in [0.15, 0.2) is 0 Å². The first-order valence-corrected chi connectivity index (χ1v) is 7.14. The van der Waals surface area contributed by atoms with Crippen LogP contribution < -0.4 is 0 Å². The Hall–Kier alpha value is -0.120. The van der Waals surface area contributed by atoms with Gasteiger partial charge >= 0.3 is 0 Å². The Morgan fingerprint density at radius 2 is 2.18 bits per heavy atom. The van der Waals surface area contributed by atoms with Gasteiger partial charge in [0.25, 0.3) is 0 Å². The van der Waals surface area contributed by atoms with Gasteiger partial charge in [-0.25, -0.2) is 0 Å². The second kappa shape index (κ2) is 8.06. The zero-order valence-corrected chi connectivity index (χ0v) is 12.1. The lowest BCUT2D eigenvalue weighted by atomic mass is 10.2. The van der Waals surface area contributed by atoms with Gasteiger partial charge in [-0.2, -0.15) is 0 Å². The summed E-state index contributed by atoms with van der Waals surface area (Å²) in [5, 5.41) is 0. The molecule has 0 radical (unpaired) electrons. The van der Waals surface area contributed by atoms with E-state index in [0.717, 1.165) is 38.7 Å². The average Bonchev–Trinajstić information content (AvgIpc) is 2.25. The molecular formula is C14H30N2O. The highest BCUT2D eigenvalue weighted by Crippen LogP contribution is 2.08. The molecule has 0 amide bonds. The number of likely N-dealkylation sites (N-methyl/N-ethyl adjacent to an activating group) is 1. The Morgan fingerprint density at radius 3 is 2.82 bits per heavy atom. The highest BCUT2D eigenvalue weighted by Gasteiger charge is 2.21. The third kappa shape index (κ3) is 6.39. The summed E-state index contributed by atoms with van der Waals surface area (Å²) in [6.07, 6.45) is 3.01. The van der Waals surface area contributed by atoms with Crippen LogP contribution in [0.1, 0.15) is 33.6 Å². The van der Waals surface area contributed by atoms with Crippen molar-refractivity contribution in [1.82, 2.24) is 9.80 Å². The molecule has 3 heteroatoms. The third-order valence-corrected chi connectivity index (χ3v) is 3.24. The maximum Gasteiger partial charge on any atom is 0.0829 e. The fraction of sp³-hybridized carbons (Fsp3) is 1.00. The van der Waals surface area contributed by atoms with Crippen LogP contribution in [0.2, 0.25) is 0 Å². The first kappa shape index (κ1) is 14.9. The Kier molecular flexibility index (Phi) is 7.09. The van der Waals surface area contributed by atoms with Crippen molar-refractivity contribution in [2.75, 3.05) is 46.4 Å². The van der Waals surface area contributed by atoms with Crippen LogP contribution in [0, 0.1) is 5.92 Å². The minimum atomic E-state index is 0.407. The summed E-state index contributed by atoms with van der Waals surface area (Å²) < 4.78 is 5.86. The molecule has 1 aliphatic rings. The second-order valence-corrected chi connectivity index (χ2v) is 5.76. The van der Waals surface area contributed by atoms with Crippen LogP contribution in [-0.4, -0.2) is 62.3 Å². The van der Waals surface area contributed by atoms with Gasteiger partial charge in [0.1, 0.15) is 0 Å². The molecule has 0 aliphatic carbocycles. The number of ether oxygens (including phenoxy) is 1. The lowest BCUT2D eigenvalue weighted by Gasteiger charge is -2.35. The molecule has 0 aromatic rings. The maximum absolute atomic E-state index is 5.86. The summed E-state index contributed by atoms with van der Waals surface area (Å²) in [5.41, 5.74) is 0. The summed E-state index contributed by atoms with van der Waals surface area (Å²) in [6, 6.07) is 0. The molecule has 0 spiro atoms. The summed E-state index contributed by atoms with van der Waals surface area (Å²) in [4.78, 5) is 4.96. The monoisotopic (exact) mass is 242 g/mol. The molecule has 0 aromatic carbocycles. The van der Waals surface area contributed by atoms with Crippen LogP contribution in [0.15, 0.2) is 0 Å². The van der Waals surface area contributed by atoms with E-state index in [1.165, 1.54) is 19.4 Å². The quantitative estimate of drug-likeness (QED) is 0.680. The lowest BCUT2D eigenvalue weighted by molar-refractivity contribution is -0.0415. The molecule has 0 aromatic heterocycles. The normalized spacial score (nSPS) is 22.6. The minimum absolute atomic E-state index is 0.407. The van der Waals surface area contributed by atoms with Crippen molar-refractivity contribution in [2.24, 2.45) is 5.92 Å². The molecule has 102 valence electrons. The highest BCUT2D eigenvalue weighted by molar-refractivity contribution is 4.74. The Bertz CT molecular complexity index is 197. The van der Waals surface area contributed by atoms with Gasteiger partial charge in [-0.15, -0.1) is 0 Å². The Labute approximate surface area is 107 Å². The van der Waals surface area contributed by atoms with E-state index in [1.807, 2.05) is 0 Å². The fourth-order valence-electron chi connectivity index (χ4n) is 2.52. The number of hydrogen-bond acceptors (Lipinski definition) is 3. The van der Waals surface area contributed by atoms with Crippen molar-refractivity contribution >= 4 is 0 Å². The van der Waals surface area contributed by atoms with Crippen molar-refractivity contribution in [3.8, 4) is 0 Å². The summed E-state index contributed by atoms with van der Waals surface area (Å²) in [6.45, 7) is 13.4. The maximum atomic E-state index is 5.86. The number of unbranched alkanes of at least 4 members (excludes halogenated alkanes) is 1. The van der Waals surface area contributed by atoms with Gasteiger partial charge in [-0.05, 0) is 25.9 Å². The highest BCUT2D eigenvalue weighted by atomic mass is 16.5. The van der Waals surface area contributed by atoms with E-state index < -0.39 is 0 Å². The smallest absolute Gasteiger partial charge is 0.0829 e. The molecule has 0 saturated carbocycles. The Morgan fingerprint density at radius 1 is 1.41 bits per heavy atom. The van der Waals surface area contributed by atoms with Gasteiger partial charge in [0.05, 0.1) is 12.7 Å². The fourth-order valence-corrected chi connectivity index (χ4v) is 2.52. The third-order valence-electron chi connectivity index (χ3n) is 3.24. The lowest BCUT2D eigenvalue weighted by Crippen LogP contribution is -2.47. The molecule has 1 saturated heterocycles.